The second-order valence-electron chi connectivity index (χ2n) is 3.98. The van der Waals surface area contributed by atoms with Crippen LogP contribution in [0.2, 0.25) is 0 Å². The number of nitrogens with zero attached hydrogens (tertiary/aromatic N) is 1. The molecule has 0 radical (unpaired) electrons. The summed E-state index contributed by atoms with van der Waals surface area (Å²) in [5, 5.41) is 12.3. The second kappa shape index (κ2) is 6.06. The van der Waals surface area contributed by atoms with E-state index < -0.39 is 18.0 Å². The van der Waals surface area contributed by atoms with Crippen LogP contribution in [0.5, 0.6) is 0 Å². The topological polar surface area (TPSA) is 62.2 Å². The van der Waals surface area contributed by atoms with Gasteiger partial charge in [-0.15, -0.1) is 0 Å². The summed E-state index contributed by atoms with van der Waals surface area (Å²) in [5.41, 5.74) is 0.553. The minimum Gasteiger partial charge on any atom is -0.387 e. The number of pyridine rings is 1. The van der Waals surface area contributed by atoms with Crippen molar-refractivity contribution in [2.75, 3.05) is 6.54 Å². The zero-order valence-electron chi connectivity index (χ0n) is 10.1. The summed E-state index contributed by atoms with van der Waals surface area (Å²) < 4.78 is 13.3. The van der Waals surface area contributed by atoms with E-state index >= 15 is 0 Å². The molecule has 1 amide bonds. The van der Waals surface area contributed by atoms with Crippen LogP contribution in [-0.4, -0.2) is 22.5 Å². The second-order valence-corrected chi connectivity index (χ2v) is 3.98. The molecule has 1 aromatic carbocycles. The number of aliphatic hydroxyl groups excluding tert-OH is 1. The average molecular weight is 260 g/mol. The van der Waals surface area contributed by atoms with Crippen molar-refractivity contribution in [1.82, 2.24) is 10.3 Å². The van der Waals surface area contributed by atoms with E-state index in [2.05, 4.69) is 10.3 Å². The lowest BCUT2D eigenvalue weighted by atomic mass is 10.1. The number of hydrogen-bond donors (Lipinski definition) is 2. The van der Waals surface area contributed by atoms with Crippen LogP contribution in [0.25, 0.3) is 0 Å². The molecular weight excluding hydrogens is 247 g/mol. The first-order valence-corrected chi connectivity index (χ1v) is 5.80. The molecule has 0 saturated carbocycles. The summed E-state index contributed by atoms with van der Waals surface area (Å²) in [7, 11) is 0. The Morgan fingerprint density at radius 3 is 2.68 bits per heavy atom. The van der Waals surface area contributed by atoms with Gasteiger partial charge in [0.2, 0.25) is 5.95 Å². The van der Waals surface area contributed by atoms with E-state index in [9.17, 15) is 14.3 Å². The minimum atomic E-state index is -0.829. The van der Waals surface area contributed by atoms with Crippen LogP contribution < -0.4 is 5.32 Å². The Labute approximate surface area is 109 Å². The first kappa shape index (κ1) is 13.2. The van der Waals surface area contributed by atoms with Crippen LogP contribution in [0.4, 0.5) is 4.39 Å². The molecule has 98 valence electrons. The number of hydrogen-bond acceptors (Lipinski definition) is 3. The standard InChI is InChI=1S/C14H13FN2O2/c15-13-11(7-4-8-16-13)14(19)17-9-12(18)10-5-2-1-3-6-10/h1-8,12,18H,9H2,(H,17,19). The van der Waals surface area contributed by atoms with Crippen LogP contribution in [0, 0.1) is 5.95 Å². The van der Waals surface area contributed by atoms with E-state index in [1.807, 2.05) is 6.07 Å². The van der Waals surface area contributed by atoms with Gasteiger partial charge in [0.1, 0.15) is 0 Å². The highest BCUT2D eigenvalue weighted by molar-refractivity contribution is 5.94. The van der Waals surface area contributed by atoms with Crippen molar-refractivity contribution in [1.29, 1.82) is 0 Å². The Bertz CT molecular complexity index is 560. The molecule has 5 heteroatoms. The fraction of sp³-hybridized carbons (Fsp3) is 0.143. The maximum absolute atomic E-state index is 13.3. The summed E-state index contributed by atoms with van der Waals surface area (Å²) in [4.78, 5) is 15.1. The van der Waals surface area contributed by atoms with Gasteiger partial charge in [-0.05, 0) is 17.7 Å². The summed E-state index contributed by atoms with van der Waals surface area (Å²) in [6.45, 7) is 0.0111. The number of amides is 1. The average Bonchev–Trinajstić information content (AvgIpc) is 2.46. The molecule has 0 bridgehead atoms. The molecule has 0 fully saturated rings. The maximum Gasteiger partial charge on any atom is 0.256 e. The van der Waals surface area contributed by atoms with Crippen molar-refractivity contribution < 1.29 is 14.3 Å². The molecule has 19 heavy (non-hydrogen) atoms. The highest BCUT2D eigenvalue weighted by Gasteiger charge is 2.14. The predicted molar refractivity (Wildman–Crippen MR) is 67.9 cm³/mol. The third-order valence-corrected chi connectivity index (χ3v) is 2.64. The van der Waals surface area contributed by atoms with Crippen molar-refractivity contribution in [2.45, 2.75) is 6.10 Å². The van der Waals surface area contributed by atoms with E-state index in [0.29, 0.717) is 5.56 Å². The van der Waals surface area contributed by atoms with Gasteiger partial charge in [0.05, 0.1) is 11.7 Å². The first-order chi connectivity index (χ1) is 9.18. The third-order valence-electron chi connectivity index (χ3n) is 2.64. The van der Waals surface area contributed by atoms with Gasteiger partial charge < -0.3 is 10.4 Å². The van der Waals surface area contributed by atoms with Crippen molar-refractivity contribution in [3.05, 3.63) is 65.7 Å². The Hall–Kier alpha value is -2.27. The summed E-state index contributed by atoms with van der Waals surface area (Å²) in [6.07, 6.45) is 0.440. The molecule has 0 aliphatic carbocycles. The summed E-state index contributed by atoms with van der Waals surface area (Å²) >= 11 is 0. The molecular formula is C14H13FN2O2. The molecule has 1 heterocycles. The van der Waals surface area contributed by atoms with Gasteiger partial charge in [0.25, 0.3) is 5.91 Å². The molecule has 0 aliphatic heterocycles. The summed E-state index contributed by atoms with van der Waals surface area (Å²) in [5.74, 6) is -1.42. The van der Waals surface area contributed by atoms with Gasteiger partial charge in [-0.3, -0.25) is 4.79 Å². The van der Waals surface area contributed by atoms with E-state index in [1.54, 1.807) is 24.3 Å². The van der Waals surface area contributed by atoms with Crippen LogP contribution in [0.15, 0.2) is 48.7 Å². The van der Waals surface area contributed by atoms with E-state index in [1.165, 1.54) is 18.3 Å². The SMILES string of the molecule is O=C(NCC(O)c1ccccc1)c1cccnc1F. The van der Waals surface area contributed by atoms with Crippen molar-refractivity contribution in [3.63, 3.8) is 0 Å². The van der Waals surface area contributed by atoms with Gasteiger partial charge in [-0.2, -0.15) is 4.39 Å². The minimum absolute atomic E-state index is 0.0111. The van der Waals surface area contributed by atoms with E-state index in [0.717, 1.165) is 0 Å². The lowest BCUT2D eigenvalue weighted by Gasteiger charge is -2.12. The molecule has 1 atom stereocenters. The van der Waals surface area contributed by atoms with Gasteiger partial charge in [0, 0.05) is 12.7 Å². The zero-order valence-corrected chi connectivity index (χ0v) is 10.1. The van der Waals surface area contributed by atoms with Crippen LogP contribution in [-0.2, 0) is 0 Å². The van der Waals surface area contributed by atoms with E-state index in [4.69, 9.17) is 0 Å². The maximum atomic E-state index is 13.3. The molecule has 2 aromatic rings. The largest absolute Gasteiger partial charge is 0.387 e. The number of aliphatic hydroxyl groups is 1. The van der Waals surface area contributed by atoms with Crippen molar-refractivity contribution in [3.8, 4) is 0 Å². The van der Waals surface area contributed by atoms with Gasteiger partial charge in [0.15, 0.2) is 0 Å². The Morgan fingerprint density at radius 2 is 2.00 bits per heavy atom. The molecule has 4 nitrogen and oxygen atoms in total. The highest BCUT2D eigenvalue weighted by Crippen LogP contribution is 2.11. The van der Waals surface area contributed by atoms with Crippen LogP contribution in [0.1, 0.15) is 22.0 Å². The molecule has 0 spiro atoms. The predicted octanol–water partition coefficient (Wildman–Crippen LogP) is 1.68. The molecule has 0 saturated heterocycles. The Morgan fingerprint density at radius 1 is 1.26 bits per heavy atom. The quantitative estimate of drug-likeness (QED) is 0.822. The van der Waals surface area contributed by atoms with Crippen LogP contribution in [0.3, 0.4) is 0 Å². The fourth-order valence-corrected chi connectivity index (χ4v) is 1.63. The molecule has 2 rings (SSSR count). The number of nitrogens with one attached hydrogen (secondary N) is 1. The molecule has 1 unspecified atom stereocenters. The Balaban J connectivity index is 1.96. The van der Waals surface area contributed by atoms with Crippen LogP contribution >= 0.6 is 0 Å². The lowest BCUT2D eigenvalue weighted by Crippen LogP contribution is -2.29. The zero-order chi connectivity index (χ0) is 13.7. The Kier molecular flexibility index (Phi) is 4.20. The van der Waals surface area contributed by atoms with Crippen molar-refractivity contribution in [2.24, 2.45) is 0 Å². The van der Waals surface area contributed by atoms with Gasteiger partial charge in [-0.1, -0.05) is 30.3 Å². The smallest absolute Gasteiger partial charge is 0.256 e. The normalized spacial score (nSPS) is 11.9. The highest BCUT2D eigenvalue weighted by atomic mass is 19.1. The van der Waals surface area contributed by atoms with E-state index in [-0.39, 0.29) is 12.1 Å². The number of carbonyl (C=O) groups excluding carboxylic acids is 1. The number of aromatic nitrogens is 1. The third kappa shape index (κ3) is 3.35. The van der Waals surface area contributed by atoms with Gasteiger partial charge >= 0.3 is 0 Å². The number of rotatable bonds is 4. The fourth-order valence-electron chi connectivity index (χ4n) is 1.63. The summed E-state index contributed by atoms with van der Waals surface area (Å²) in [6, 6.07) is 11.7. The first-order valence-electron chi connectivity index (χ1n) is 5.80. The molecule has 2 N–H and O–H groups in total. The number of carbonyl (C=O) groups is 1. The monoisotopic (exact) mass is 260 g/mol. The number of halogens is 1. The van der Waals surface area contributed by atoms with Crippen molar-refractivity contribution >= 4 is 5.91 Å². The number of benzene rings is 1. The lowest BCUT2D eigenvalue weighted by molar-refractivity contribution is 0.0911. The molecule has 0 aliphatic rings. The molecule has 1 aromatic heterocycles. The van der Waals surface area contributed by atoms with Gasteiger partial charge in [-0.25, -0.2) is 4.98 Å².